The molecule has 0 radical (unpaired) electrons. The number of rotatable bonds is 14. The van der Waals surface area contributed by atoms with Crippen LogP contribution in [0.1, 0.15) is 58.1 Å². The molecule has 10 N–H and O–H groups in total. The Morgan fingerprint density at radius 1 is 0.354 bits per heavy atom. The average molecular weight is 1150 g/mol. The van der Waals surface area contributed by atoms with Crippen LogP contribution in [0.5, 0.6) is 0 Å². The van der Waals surface area contributed by atoms with Crippen LogP contribution >= 0.6 is 0 Å². The zero-order chi connectivity index (χ0) is 57.5. The standard InChI is InChI=1S/C52H42N6O17S4/c1-27-13-15-33(50(61)55-40-12-6-7-30-22-37(76(64,65)66)19-29(3)46(30)40)23-42(27)57-48(59)31-8-4-10-35(20-31)53-52(63)54-36-11-5-9-32(21-36)49(60)58-43-24-34(16-14-28(43)2)51(62)56-41-17-18-44(78(70,71)72)39-25-38(77(67,68)69)26-45(47(39)41)79(73,74)75/h4-26H,1-3H3,(H,55,61)(H,56,62)(H,57,59)(H,58,60)(H2,53,54,63)(H,64,65,66)(H,67,68,69)(H,70,71,72)(H,73,74,75). The number of carbonyl (C=O) groups is 5. The molecule has 0 bridgehead atoms. The fourth-order valence-corrected chi connectivity index (χ4v) is 10.9. The van der Waals surface area contributed by atoms with E-state index < -0.39 is 101 Å². The summed E-state index contributed by atoms with van der Waals surface area (Å²) in [5, 5.41) is 15.3. The Morgan fingerprint density at radius 3 is 1.25 bits per heavy atom. The van der Waals surface area contributed by atoms with Crippen molar-refractivity contribution in [2.75, 3.05) is 31.9 Å². The number of anilines is 6. The predicted molar refractivity (Wildman–Crippen MR) is 292 cm³/mol. The summed E-state index contributed by atoms with van der Waals surface area (Å²) in [4.78, 5) is 63.8. The first-order chi connectivity index (χ1) is 36.9. The lowest BCUT2D eigenvalue weighted by atomic mass is 10.0. The Labute approximate surface area is 450 Å². The lowest BCUT2D eigenvalue weighted by Gasteiger charge is -2.16. The van der Waals surface area contributed by atoms with Gasteiger partial charge in [-0.25, -0.2) is 4.79 Å². The molecule has 0 heterocycles. The van der Waals surface area contributed by atoms with Crippen LogP contribution in [0.3, 0.4) is 0 Å². The third-order valence-corrected chi connectivity index (χ3v) is 15.5. The maximum Gasteiger partial charge on any atom is 0.323 e. The number of urea groups is 1. The van der Waals surface area contributed by atoms with E-state index in [9.17, 15) is 75.9 Å². The van der Waals surface area contributed by atoms with Gasteiger partial charge in [0, 0.05) is 66.8 Å². The minimum Gasteiger partial charge on any atom is -0.322 e. The van der Waals surface area contributed by atoms with Crippen LogP contribution in [0.4, 0.5) is 38.9 Å². The van der Waals surface area contributed by atoms with E-state index in [0.717, 1.165) is 6.07 Å². The second-order valence-corrected chi connectivity index (χ2v) is 23.2. The molecule has 0 aromatic heterocycles. The van der Waals surface area contributed by atoms with Crippen LogP contribution in [0.25, 0.3) is 21.5 Å². The van der Waals surface area contributed by atoms with E-state index >= 15 is 0 Å². The quantitative estimate of drug-likeness (QED) is 0.0456. The molecule has 79 heavy (non-hydrogen) atoms. The van der Waals surface area contributed by atoms with Gasteiger partial charge in [-0.1, -0.05) is 36.4 Å². The molecule has 27 heteroatoms. The number of aryl methyl sites for hydroxylation is 3. The van der Waals surface area contributed by atoms with Crippen molar-refractivity contribution in [1.29, 1.82) is 0 Å². The fraction of sp³-hybridized carbons (Fsp3) is 0.0577. The molecule has 8 aromatic carbocycles. The highest BCUT2D eigenvalue weighted by Gasteiger charge is 2.28. The molecule has 0 saturated carbocycles. The van der Waals surface area contributed by atoms with Crippen molar-refractivity contribution < 1.29 is 75.9 Å². The molecular weight excluding hydrogens is 1110 g/mol. The largest absolute Gasteiger partial charge is 0.323 e. The molecule has 6 amide bonds. The summed E-state index contributed by atoms with van der Waals surface area (Å²) in [7, 11) is -20.3. The summed E-state index contributed by atoms with van der Waals surface area (Å²) in [5.41, 5.74) is 2.39. The lowest BCUT2D eigenvalue weighted by molar-refractivity contribution is 0.101. The van der Waals surface area contributed by atoms with Crippen molar-refractivity contribution in [2.24, 2.45) is 0 Å². The minimum absolute atomic E-state index is 0.0375. The molecule has 0 atom stereocenters. The van der Waals surface area contributed by atoms with E-state index in [1.54, 1.807) is 51.1 Å². The van der Waals surface area contributed by atoms with Crippen LogP contribution in [-0.4, -0.2) is 81.5 Å². The van der Waals surface area contributed by atoms with Crippen LogP contribution < -0.4 is 31.9 Å². The summed E-state index contributed by atoms with van der Waals surface area (Å²) in [6, 6.07) is 29.5. The van der Waals surface area contributed by atoms with Crippen molar-refractivity contribution in [2.45, 2.75) is 40.4 Å². The van der Waals surface area contributed by atoms with Gasteiger partial charge >= 0.3 is 6.03 Å². The first-order valence-corrected chi connectivity index (χ1v) is 28.5. The SMILES string of the molecule is Cc1ccc(C(=O)Nc2cccc3cc(S(=O)(=O)O)cc(C)c23)cc1NC(=O)c1cccc(NC(=O)Nc2cccc(C(=O)Nc3cc(C(=O)Nc4ccc(S(=O)(=O)O)c5cc(S(=O)(=O)O)cc(S(=O)(=O)O)c45)ccc3C)c2)c1. The Balaban J connectivity index is 0.923. The Morgan fingerprint density at radius 2 is 0.785 bits per heavy atom. The molecule has 23 nitrogen and oxygen atoms in total. The predicted octanol–water partition coefficient (Wildman–Crippen LogP) is 8.56. The molecular formula is C52H42N6O17S4. The fourth-order valence-electron chi connectivity index (χ4n) is 8.28. The Kier molecular flexibility index (Phi) is 15.3. The van der Waals surface area contributed by atoms with Gasteiger partial charge in [0.2, 0.25) is 0 Å². The van der Waals surface area contributed by atoms with Crippen molar-refractivity contribution in [3.05, 3.63) is 178 Å². The van der Waals surface area contributed by atoms with Crippen LogP contribution in [0.2, 0.25) is 0 Å². The van der Waals surface area contributed by atoms with Crippen molar-refractivity contribution >= 4 is 126 Å². The average Bonchev–Trinajstić information content (AvgIpc) is 3.44. The van der Waals surface area contributed by atoms with Gasteiger partial charge in [-0.3, -0.25) is 37.4 Å². The van der Waals surface area contributed by atoms with Gasteiger partial charge in [-0.2, -0.15) is 33.7 Å². The lowest BCUT2D eigenvalue weighted by Crippen LogP contribution is -2.21. The van der Waals surface area contributed by atoms with Gasteiger partial charge in [0.15, 0.2) is 0 Å². The Bertz CT molecular complexity index is 4420. The molecule has 8 aromatic rings. The van der Waals surface area contributed by atoms with Gasteiger partial charge in [0.1, 0.15) is 9.79 Å². The summed E-state index contributed by atoms with van der Waals surface area (Å²) in [5.74, 6) is -2.81. The first kappa shape index (κ1) is 56.3. The van der Waals surface area contributed by atoms with E-state index in [4.69, 9.17) is 0 Å². The highest BCUT2D eigenvalue weighted by molar-refractivity contribution is 7.87. The number of fused-ring (bicyclic) bond motifs is 2. The second kappa shape index (κ2) is 21.5. The normalized spacial score (nSPS) is 11.9. The van der Waals surface area contributed by atoms with Crippen LogP contribution in [-0.2, 0) is 40.5 Å². The molecule has 0 spiro atoms. The molecule has 0 aliphatic rings. The number of amides is 6. The zero-order valence-corrected chi connectivity index (χ0v) is 44.3. The summed E-state index contributed by atoms with van der Waals surface area (Å²) >= 11 is 0. The highest BCUT2D eigenvalue weighted by Crippen LogP contribution is 2.38. The number of nitrogens with one attached hydrogen (secondary N) is 6. The van der Waals surface area contributed by atoms with E-state index in [0.29, 0.717) is 57.0 Å². The number of carbonyl (C=O) groups excluding carboxylic acids is 5. The van der Waals surface area contributed by atoms with Crippen LogP contribution in [0, 0.1) is 20.8 Å². The maximum absolute atomic E-state index is 13.7. The Hall–Kier alpha value is -8.93. The molecule has 0 aliphatic heterocycles. The molecule has 406 valence electrons. The molecule has 0 unspecified atom stereocenters. The third-order valence-electron chi connectivity index (χ3n) is 12.1. The zero-order valence-electron chi connectivity index (χ0n) is 41.0. The van der Waals surface area contributed by atoms with E-state index in [1.807, 2.05) is 0 Å². The van der Waals surface area contributed by atoms with Crippen molar-refractivity contribution in [1.82, 2.24) is 0 Å². The monoisotopic (exact) mass is 1150 g/mol. The smallest absolute Gasteiger partial charge is 0.322 e. The summed E-state index contributed by atoms with van der Waals surface area (Å²) in [6.07, 6.45) is 0. The van der Waals surface area contributed by atoms with E-state index in [2.05, 4.69) is 31.9 Å². The van der Waals surface area contributed by atoms with Crippen molar-refractivity contribution in [3.63, 3.8) is 0 Å². The summed E-state index contributed by atoms with van der Waals surface area (Å²) in [6.45, 7) is 4.95. The molecule has 0 saturated heterocycles. The van der Waals surface area contributed by atoms with Gasteiger partial charge in [-0.15, -0.1) is 0 Å². The van der Waals surface area contributed by atoms with Gasteiger partial charge < -0.3 is 31.9 Å². The van der Waals surface area contributed by atoms with Gasteiger partial charge in [-0.05, 0) is 146 Å². The highest BCUT2D eigenvalue weighted by atomic mass is 32.2. The first-order valence-electron chi connectivity index (χ1n) is 22.7. The van der Waals surface area contributed by atoms with Crippen molar-refractivity contribution in [3.8, 4) is 0 Å². The maximum atomic E-state index is 13.7. The summed E-state index contributed by atoms with van der Waals surface area (Å²) < 4.78 is 136. The third kappa shape index (κ3) is 12.8. The van der Waals surface area contributed by atoms with Crippen LogP contribution in [0.15, 0.2) is 159 Å². The van der Waals surface area contributed by atoms with Gasteiger partial charge in [0.25, 0.3) is 64.1 Å². The molecule has 8 rings (SSSR count). The number of hydrogen-bond acceptors (Lipinski definition) is 13. The second-order valence-electron chi connectivity index (χ2n) is 17.6. The van der Waals surface area contributed by atoms with E-state index in [-0.39, 0.29) is 44.2 Å². The van der Waals surface area contributed by atoms with E-state index in [1.165, 1.54) is 84.9 Å². The minimum atomic E-state index is -5.42. The number of hydrogen-bond donors (Lipinski definition) is 10. The molecule has 0 aliphatic carbocycles. The molecule has 0 fully saturated rings. The number of benzene rings is 8. The topological polar surface area (TPSA) is 375 Å². The van der Waals surface area contributed by atoms with Gasteiger partial charge in [0.05, 0.1) is 15.5 Å².